The van der Waals surface area contributed by atoms with E-state index in [0.717, 1.165) is 28.7 Å². The van der Waals surface area contributed by atoms with Gasteiger partial charge in [-0.2, -0.15) is 0 Å². The number of amides is 1. The van der Waals surface area contributed by atoms with Crippen molar-refractivity contribution in [1.82, 2.24) is 5.32 Å². The third kappa shape index (κ3) is 7.26. The lowest BCUT2D eigenvalue weighted by Gasteiger charge is -2.23. The first-order chi connectivity index (χ1) is 15.3. The molecule has 1 unspecified atom stereocenters. The number of aryl methyl sites for hydroxylation is 1. The maximum atomic E-state index is 12.6. The van der Waals surface area contributed by atoms with Crippen molar-refractivity contribution in [3.8, 4) is 5.75 Å². The summed E-state index contributed by atoms with van der Waals surface area (Å²) in [4.78, 5) is 12.6. The molecule has 6 nitrogen and oxygen atoms in total. The van der Waals surface area contributed by atoms with Gasteiger partial charge in [-0.1, -0.05) is 37.0 Å². The van der Waals surface area contributed by atoms with E-state index in [-0.39, 0.29) is 35.9 Å². The van der Waals surface area contributed by atoms with E-state index >= 15 is 0 Å². The number of halogens is 2. The number of ether oxygens (including phenoxy) is 1. The molecule has 0 aromatic heterocycles. The quantitative estimate of drug-likeness (QED) is 0.430. The van der Waals surface area contributed by atoms with Crippen LogP contribution in [0.2, 0.25) is 10.0 Å². The Kier molecular flexibility index (Phi) is 9.47. The molecule has 0 aliphatic carbocycles. The molecule has 1 atom stereocenters. The summed E-state index contributed by atoms with van der Waals surface area (Å²) in [5.41, 5.74) is 3.56. The van der Waals surface area contributed by atoms with E-state index < -0.39 is 10.0 Å². The highest BCUT2D eigenvalue weighted by Crippen LogP contribution is 2.32. The number of hydrogen-bond donors (Lipinski definition) is 1. The van der Waals surface area contributed by atoms with Gasteiger partial charge in [0.1, 0.15) is 5.75 Å². The number of benzene rings is 2. The van der Waals surface area contributed by atoms with Crippen LogP contribution in [0.25, 0.3) is 0 Å². The second-order valence-electron chi connectivity index (χ2n) is 8.43. The molecule has 1 N–H and O–H groups in total. The van der Waals surface area contributed by atoms with Crippen LogP contribution in [0.4, 0.5) is 5.69 Å². The summed E-state index contributed by atoms with van der Waals surface area (Å²) in [6, 6.07) is 8.53. The Morgan fingerprint density at radius 3 is 2.30 bits per heavy atom. The Labute approximate surface area is 207 Å². The highest BCUT2D eigenvalue weighted by molar-refractivity contribution is 7.92. The van der Waals surface area contributed by atoms with Gasteiger partial charge in [0.05, 0.1) is 35.1 Å². The molecule has 2 aromatic carbocycles. The second kappa shape index (κ2) is 11.4. The van der Waals surface area contributed by atoms with Crippen molar-refractivity contribution in [3.63, 3.8) is 0 Å². The Bertz CT molecular complexity index is 1100. The molecule has 33 heavy (non-hydrogen) atoms. The molecule has 0 spiro atoms. The fourth-order valence-electron chi connectivity index (χ4n) is 3.71. The number of anilines is 1. The molecule has 182 valence electrons. The zero-order valence-electron chi connectivity index (χ0n) is 19.9. The lowest BCUT2D eigenvalue weighted by molar-refractivity contribution is -0.121. The van der Waals surface area contributed by atoms with Crippen molar-refractivity contribution < 1.29 is 17.9 Å². The summed E-state index contributed by atoms with van der Waals surface area (Å²) < 4.78 is 31.3. The minimum atomic E-state index is -3.55. The van der Waals surface area contributed by atoms with Gasteiger partial charge in [0.15, 0.2) is 0 Å². The molecule has 9 heteroatoms. The first kappa shape index (κ1) is 27.3. The van der Waals surface area contributed by atoms with E-state index in [4.69, 9.17) is 27.9 Å². The van der Waals surface area contributed by atoms with Crippen LogP contribution in [-0.2, 0) is 14.8 Å². The van der Waals surface area contributed by atoms with E-state index in [1.165, 1.54) is 10.4 Å². The number of rotatable bonds is 10. The van der Waals surface area contributed by atoms with Crippen molar-refractivity contribution in [1.29, 1.82) is 0 Å². The molecular formula is C24H32Cl2N2O4S. The van der Waals surface area contributed by atoms with Gasteiger partial charge in [0.25, 0.3) is 0 Å². The van der Waals surface area contributed by atoms with E-state index in [0.29, 0.717) is 17.1 Å². The fraction of sp³-hybridized carbons (Fsp3) is 0.458. The maximum Gasteiger partial charge on any atom is 0.232 e. The van der Waals surface area contributed by atoms with Crippen LogP contribution in [0.15, 0.2) is 30.3 Å². The van der Waals surface area contributed by atoms with E-state index in [2.05, 4.69) is 25.2 Å². The minimum Gasteiger partial charge on any atom is -0.496 e. The Morgan fingerprint density at radius 2 is 1.76 bits per heavy atom. The largest absolute Gasteiger partial charge is 0.496 e. The predicted octanol–water partition coefficient (Wildman–Crippen LogP) is 5.86. The molecule has 2 rings (SSSR count). The molecule has 0 heterocycles. The molecule has 0 saturated carbocycles. The fourth-order valence-corrected chi connectivity index (χ4v) is 4.96. The maximum absolute atomic E-state index is 12.6. The highest BCUT2D eigenvalue weighted by Gasteiger charge is 2.20. The summed E-state index contributed by atoms with van der Waals surface area (Å²) in [6.45, 7) is 8.28. The summed E-state index contributed by atoms with van der Waals surface area (Å²) in [5, 5.41) is 3.64. The number of hydrogen-bond acceptors (Lipinski definition) is 4. The van der Waals surface area contributed by atoms with Crippen LogP contribution in [0.3, 0.4) is 0 Å². The van der Waals surface area contributed by atoms with E-state index in [1.54, 1.807) is 19.2 Å². The average molecular weight is 516 g/mol. The summed E-state index contributed by atoms with van der Waals surface area (Å²) in [6.07, 6.45) is 1.66. The smallest absolute Gasteiger partial charge is 0.232 e. The van der Waals surface area contributed by atoms with Crippen LogP contribution in [0, 0.1) is 6.92 Å². The summed E-state index contributed by atoms with van der Waals surface area (Å²) in [5.74, 6) is 0.977. The Morgan fingerprint density at radius 1 is 1.09 bits per heavy atom. The number of sulfonamides is 1. The first-order valence-corrected chi connectivity index (χ1v) is 13.4. The van der Waals surface area contributed by atoms with Crippen molar-refractivity contribution in [3.05, 3.63) is 57.1 Å². The number of carbonyl (C=O) groups excluding carboxylic acids is 1. The van der Waals surface area contributed by atoms with E-state index in [9.17, 15) is 13.2 Å². The SMILES string of the molecule is COc1cc(C)c(C(C)NC(=O)CCCN(c2ccc(Cl)c(Cl)c2)S(C)(=O)=O)cc1C(C)C. The zero-order chi connectivity index (χ0) is 24.9. The molecule has 0 fully saturated rings. The van der Waals surface area contributed by atoms with Gasteiger partial charge < -0.3 is 10.1 Å². The molecule has 2 aromatic rings. The third-order valence-corrected chi connectivity index (χ3v) is 7.37. The van der Waals surface area contributed by atoms with E-state index in [1.807, 2.05) is 19.9 Å². The zero-order valence-corrected chi connectivity index (χ0v) is 22.2. The molecule has 0 saturated heterocycles. The normalized spacial score (nSPS) is 12.5. The summed E-state index contributed by atoms with van der Waals surface area (Å²) >= 11 is 12.0. The Hall–Kier alpha value is -1.96. The molecule has 0 aliphatic rings. The summed E-state index contributed by atoms with van der Waals surface area (Å²) in [7, 11) is -1.89. The molecule has 0 aliphatic heterocycles. The Balaban J connectivity index is 2.05. The highest BCUT2D eigenvalue weighted by atomic mass is 35.5. The minimum absolute atomic E-state index is 0.147. The van der Waals surface area contributed by atoms with Crippen LogP contribution >= 0.6 is 23.2 Å². The monoisotopic (exact) mass is 514 g/mol. The third-order valence-electron chi connectivity index (χ3n) is 5.44. The van der Waals surface area contributed by atoms with Gasteiger partial charge >= 0.3 is 0 Å². The standard InChI is InChI=1S/C24H32Cl2N2O4S/c1-15(2)19-14-20(16(3)12-23(19)32-5)17(4)27-24(29)8-7-11-28(33(6,30)31)18-9-10-21(25)22(26)13-18/h9-10,12-15,17H,7-8,11H2,1-6H3,(H,27,29). The molecule has 0 bridgehead atoms. The number of carbonyl (C=O) groups is 1. The van der Waals surface area contributed by atoms with Gasteiger partial charge in [-0.05, 0) is 73.2 Å². The average Bonchev–Trinajstić information content (AvgIpc) is 2.71. The molecule has 0 radical (unpaired) electrons. The van der Waals surface area contributed by atoms with Crippen LogP contribution in [-0.4, -0.2) is 34.2 Å². The predicted molar refractivity (Wildman–Crippen MR) is 136 cm³/mol. The van der Waals surface area contributed by atoms with Crippen molar-refractivity contribution in [2.45, 2.75) is 52.5 Å². The van der Waals surface area contributed by atoms with Gasteiger partial charge in [-0.25, -0.2) is 8.42 Å². The van der Waals surface area contributed by atoms with Crippen LogP contribution in [0.5, 0.6) is 5.75 Å². The molecule has 1 amide bonds. The van der Waals surface area contributed by atoms with Crippen LogP contribution in [0.1, 0.15) is 62.3 Å². The van der Waals surface area contributed by atoms with Gasteiger partial charge in [-0.15, -0.1) is 0 Å². The topological polar surface area (TPSA) is 75.7 Å². The van der Waals surface area contributed by atoms with Crippen molar-refractivity contribution >= 4 is 44.8 Å². The van der Waals surface area contributed by atoms with Gasteiger partial charge in [0.2, 0.25) is 15.9 Å². The number of nitrogens with zero attached hydrogens (tertiary/aromatic N) is 1. The van der Waals surface area contributed by atoms with Crippen molar-refractivity contribution in [2.75, 3.05) is 24.2 Å². The first-order valence-electron chi connectivity index (χ1n) is 10.8. The van der Waals surface area contributed by atoms with Crippen LogP contribution < -0.4 is 14.4 Å². The second-order valence-corrected chi connectivity index (χ2v) is 11.2. The van der Waals surface area contributed by atoms with Gasteiger partial charge in [-0.3, -0.25) is 9.10 Å². The lowest BCUT2D eigenvalue weighted by Crippen LogP contribution is -2.32. The number of methoxy groups -OCH3 is 1. The van der Waals surface area contributed by atoms with Gasteiger partial charge in [0, 0.05) is 13.0 Å². The van der Waals surface area contributed by atoms with Crippen molar-refractivity contribution in [2.24, 2.45) is 0 Å². The molecular weight excluding hydrogens is 483 g/mol. The lowest BCUT2D eigenvalue weighted by atomic mass is 9.93. The number of nitrogens with one attached hydrogen (secondary N) is 1.